The molecule has 9 nitrogen and oxygen atoms in total. The summed E-state index contributed by atoms with van der Waals surface area (Å²) in [5.74, 6) is 1.76. The molecule has 4 heterocycles. The lowest BCUT2D eigenvalue weighted by atomic mass is 9.89. The van der Waals surface area contributed by atoms with E-state index in [2.05, 4.69) is 35.3 Å². The lowest BCUT2D eigenvalue weighted by Gasteiger charge is -2.30. The zero-order chi connectivity index (χ0) is 19.8. The largest absolute Gasteiger partial charge is 0.417 e. The number of hydrogen-bond donors (Lipinski definition) is 2. The smallest absolute Gasteiger partial charge is 0.388 e. The first-order valence-electron chi connectivity index (χ1n) is 9.72. The van der Waals surface area contributed by atoms with Crippen molar-refractivity contribution in [3.8, 4) is 5.88 Å². The molecule has 0 spiro atoms. The zero-order valence-corrected chi connectivity index (χ0v) is 15.6. The highest BCUT2D eigenvalue weighted by atomic mass is 19.3. The van der Waals surface area contributed by atoms with Crippen LogP contribution >= 0.6 is 0 Å². The number of aromatic nitrogens is 6. The van der Waals surface area contributed by atoms with E-state index in [9.17, 15) is 8.78 Å². The summed E-state index contributed by atoms with van der Waals surface area (Å²) in [6, 6.07) is 1.63. The third-order valence-electron chi connectivity index (χ3n) is 5.47. The fourth-order valence-electron chi connectivity index (χ4n) is 4.03. The predicted molar refractivity (Wildman–Crippen MR) is 99.1 cm³/mol. The summed E-state index contributed by atoms with van der Waals surface area (Å²) in [6.45, 7) is -1.35. The van der Waals surface area contributed by atoms with Crippen molar-refractivity contribution in [2.24, 2.45) is 11.8 Å². The van der Waals surface area contributed by atoms with Crippen molar-refractivity contribution in [2.75, 3.05) is 18.5 Å². The first-order valence-corrected chi connectivity index (χ1v) is 9.72. The highest BCUT2D eigenvalue weighted by molar-refractivity contribution is 5.72. The zero-order valence-electron chi connectivity index (χ0n) is 15.6. The van der Waals surface area contributed by atoms with Crippen molar-refractivity contribution >= 4 is 22.8 Å². The summed E-state index contributed by atoms with van der Waals surface area (Å²) in [5.41, 5.74) is 1.43. The monoisotopic (exact) mass is 405 g/mol. The van der Waals surface area contributed by atoms with Crippen LogP contribution < -0.4 is 10.1 Å². The summed E-state index contributed by atoms with van der Waals surface area (Å²) >= 11 is 0. The molecular formula is C18H21F2N7O2. The molecule has 154 valence electrons. The number of nitrogens with one attached hydrogen (secondary N) is 2. The van der Waals surface area contributed by atoms with Gasteiger partial charge in [0.1, 0.15) is 5.52 Å². The molecule has 2 N–H and O–H groups in total. The van der Waals surface area contributed by atoms with Gasteiger partial charge in [0.25, 0.3) is 0 Å². The molecule has 3 aromatic rings. The summed E-state index contributed by atoms with van der Waals surface area (Å²) < 4.78 is 36.5. The highest BCUT2D eigenvalue weighted by Gasteiger charge is 2.39. The minimum atomic E-state index is -2.92. The molecule has 5 rings (SSSR count). The van der Waals surface area contributed by atoms with Gasteiger partial charge in [0.2, 0.25) is 5.88 Å². The van der Waals surface area contributed by atoms with Crippen molar-refractivity contribution in [1.82, 2.24) is 29.9 Å². The van der Waals surface area contributed by atoms with E-state index in [1.54, 1.807) is 12.4 Å². The van der Waals surface area contributed by atoms with Crippen molar-refractivity contribution in [2.45, 2.75) is 38.3 Å². The third-order valence-corrected chi connectivity index (χ3v) is 5.47. The van der Waals surface area contributed by atoms with Gasteiger partial charge in [-0.05, 0) is 37.5 Å². The van der Waals surface area contributed by atoms with Gasteiger partial charge in [-0.1, -0.05) is 0 Å². The average Bonchev–Trinajstić information content (AvgIpc) is 3.32. The van der Waals surface area contributed by atoms with E-state index >= 15 is 0 Å². The molecule has 2 fully saturated rings. The molecule has 3 aromatic heterocycles. The number of anilines is 2. The summed E-state index contributed by atoms with van der Waals surface area (Å²) in [6.07, 6.45) is 7.76. The lowest BCUT2D eigenvalue weighted by Crippen LogP contribution is -2.28. The Bertz CT molecular complexity index is 982. The highest BCUT2D eigenvalue weighted by Crippen LogP contribution is 2.46. The lowest BCUT2D eigenvalue weighted by molar-refractivity contribution is -0.0528. The number of H-pyrrole nitrogens is 1. The molecule has 0 unspecified atom stereocenters. The first kappa shape index (κ1) is 18.2. The molecule has 0 radical (unpaired) electrons. The van der Waals surface area contributed by atoms with E-state index in [4.69, 9.17) is 4.74 Å². The molecule has 2 aliphatic rings. The van der Waals surface area contributed by atoms with Crippen molar-refractivity contribution in [3.63, 3.8) is 0 Å². The maximum Gasteiger partial charge on any atom is 0.388 e. The summed E-state index contributed by atoms with van der Waals surface area (Å²) in [4.78, 5) is 9.12. The van der Waals surface area contributed by atoms with Crippen LogP contribution in [0, 0.1) is 11.8 Å². The van der Waals surface area contributed by atoms with Crippen LogP contribution in [0.3, 0.4) is 0 Å². The minimum Gasteiger partial charge on any atom is -0.417 e. The number of aromatic amines is 1. The second-order valence-electron chi connectivity index (χ2n) is 7.45. The van der Waals surface area contributed by atoms with E-state index in [0.717, 1.165) is 31.6 Å². The SMILES string of the molecule is FC(F)Oc1cc(Nc2cnc3cnn([C@H](C4CCOCC4)C4CC4)c3n2)n[nH]1. The van der Waals surface area contributed by atoms with E-state index in [1.165, 1.54) is 18.9 Å². The number of hydrogen-bond acceptors (Lipinski definition) is 7. The van der Waals surface area contributed by atoms with Gasteiger partial charge < -0.3 is 14.8 Å². The second kappa shape index (κ2) is 7.54. The minimum absolute atomic E-state index is 0.130. The summed E-state index contributed by atoms with van der Waals surface area (Å²) in [7, 11) is 0. The van der Waals surface area contributed by atoms with E-state index in [-0.39, 0.29) is 11.9 Å². The average molecular weight is 405 g/mol. The Hall–Kier alpha value is -2.82. The van der Waals surface area contributed by atoms with Gasteiger partial charge in [-0.25, -0.2) is 19.7 Å². The number of ether oxygens (including phenoxy) is 2. The van der Waals surface area contributed by atoms with Crippen LogP contribution in [0.25, 0.3) is 11.2 Å². The molecular weight excluding hydrogens is 384 g/mol. The van der Waals surface area contributed by atoms with Gasteiger partial charge in [0.05, 0.1) is 18.4 Å². The van der Waals surface area contributed by atoms with Gasteiger partial charge >= 0.3 is 6.61 Å². The fraction of sp³-hybridized carbons (Fsp3) is 0.556. The Labute approximate surface area is 164 Å². The molecule has 1 saturated carbocycles. The van der Waals surface area contributed by atoms with Crippen LogP contribution in [0.5, 0.6) is 5.88 Å². The fourth-order valence-corrected chi connectivity index (χ4v) is 4.03. The van der Waals surface area contributed by atoms with E-state index in [1.807, 2.05) is 4.68 Å². The predicted octanol–water partition coefficient (Wildman–Crippen LogP) is 3.27. The first-order chi connectivity index (χ1) is 14.2. The normalized spacial score (nSPS) is 19.0. The van der Waals surface area contributed by atoms with Gasteiger partial charge in [0, 0.05) is 19.3 Å². The number of rotatable bonds is 7. The number of nitrogens with zero attached hydrogens (tertiary/aromatic N) is 5. The number of halogens is 2. The topological polar surface area (TPSA) is 103 Å². The van der Waals surface area contributed by atoms with Crippen LogP contribution in [0.15, 0.2) is 18.5 Å². The van der Waals surface area contributed by atoms with Crippen molar-refractivity contribution in [1.29, 1.82) is 0 Å². The Kier molecular flexibility index (Phi) is 4.74. The van der Waals surface area contributed by atoms with Gasteiger partial charge in [-0.15, -0.1) is 0 Å². The number of alkyl halides is 2. The maximum absolute atomic E-state index is 12.3. The van der Waals surface area contributed by atoms with Gasteiger partial charge in [0.15, 0.2) is 17.3 Å². The molecule has 0 bridgehead atoms. The Morgan fingerprint density at radius 1 is 1.14 bits per heavy atom. The van der Waals surface area contributed by atoms with Crippen LogP contribution in [0.2, 0.25) is 0 Å². The molecule has 1 aliphatic carbocycles. The molecule has 1 aliphatic heterocycles. The van der Waals surface area contributed by atoms with E-state index < -0.39 is 6.61 Å². The molecule has 1 atom stereocenters. The standard InChI is InChI=1S/C18H21F2N7O2/c19-18(20)29-15-7-13(25-26-15)23-14-9-21-12-8-22-27(17(12)24-14)16(10-1-2-10)11-3-5-28-6-4-11/h7-11,16,18H,1-6H2,(H2,23,24,25,26)/t16-/m0/s1. The number of fused-ring (bicyclic) bond motifs is 1. The van der Waals surface area contributed by atoms with Crippen LogP contribution in [0.1, 0.15) is 31.7 Å². The Balaban J connectivity index is 1.41. The van der Waals surface area contributed by atoms with Crippen LogP contribution in [-0.4, -0.2) is 49.8 Å². The van der Waals surface area contributed by atoms with Crippen molar-refractivity contribution < 1.29 is 18.3 Å². The quantitative estimate of drug-likeness (QED) is 0.622. The molecule has 11 heteroatoms. The van der Waals surface area contributed by atoms with Gasteiger partial charge in [-0.2, -0.15) is 19.0 Å². The second-order valence-corrected chi connectivity index (χ2v) is 7.45. The van der Waals surface area contributed by atoms with E-state index in [0.29, 0.717) is 29.1 Å². The molecule has 29 heavy (non-hydrogen) atoms. The van der Waals surface area contributed by atoms with Gasteiger partial charge in [-0.3, -0.25) is 0 Å². The maximum atomic E-state index is 12.3. The molecule has 1 saturated heterocycles. The molecule has 0 aromatic carbocycles. The Morgan fingerprint density at radius 2 is 1.93 bits per heavy atom. The molecule has 0 amide bonds. The van der Waals surface area contributed by atoms with Crippen molar-refractivity contribution in [3.05, 3.63) is 18.5 Å². The third kappa shape index (κ3) is 3.86. The summed E-state index contributed by atoms with van der Waals surface area (Å²) in [5, 5.41) is 13.9. The van der Waals surface area contributed by atoms with Crippen LogP contribution in [0.4, 0.5) is 20.4 Å². The van der Waals surface area contributed by atoms with Crippen LogP contribution in [-0.2, 0) is 4.74 Å². The Morgan fingerprint density at radius 3 is 2.69 bits per heavy atom.